The summed E-state index contributed by atoms with van der Waals surface area (Å²) in [6.07, 6.45) is 3.29. The van der Waals surface area contributed by atoms with Crippen molar-refractivity contribution in [2.75, 3.05) is 19.8 Å². The maximum absolute atomic E-state index is 6.21. The molecular formula is C16H20Cl2N2O3PdSi. The van der Waals surface area contributed by atoms with Gasteiger partial charge in [0.1, 0.15) is 5.69 Å². The number of pyridine rings is 2. The summed E-state index contributed by atoms with van der Waals surface area (Å²) in [6, 6.07) is 5.34. The topological polar surface area (TPSA) is 53.5 Å². The van der Waals surface area contributed by atoms with Crippen molar-refractivity contribution in [3.8, 4) is 11.4 Å². The molecule has 0 atom stereocenters. The van der Waals surface area contributed by atoms with Crippen LogP contribution in [0.5, 0.6) is 0 Å². The molecule has 2 heterocycles. The smallest absolute Gasteiger partial charge is 0.370 e. The summed E-state index contributed by atoms with van der Waals surface area (Å²) in [5, 5.41) is 1.62. The molecule has 0 radical (unpaired) electrons. The molecule has 2 aromatic heterocycles. The first kappa shape index (κ1) is 22.7. The minimum absolute atomic E-state index is 0. The Morgan fingerprint density at radius 3 is 2.00 bits per heavy atom. The van der Waals surface area contributed by atoms with Crippen LogP contribution in [-0.2, 0) is 33.7 Å². The molecule has 0 aliphatic heterocycles. The Hall–Kier alpha value is -0.361. The Balaban J connectivity index is 0.00000312. The first-order valence-electron chi connectivity index (χ1n) is 7.76. The molecule has 9 heteroatoms. The maximum atomic E-state index is 6.21. The predicted molar refractivity (Wildman–Crippen MR) is 97.8 cm³/mol. The zero-order valence-electron chi connectivity index (χ0n) is 14.2. The fourth-order valence-electron chi connectivity index (χ4n) is 2.26. The fourth-order valence-corrected chi connectivity index (χ4v) is 5.01. The van der Waals surface area contributed by atoms with Crippen LogP contribution in [-0.4, -0.2) is 38.6 Å². The van der Waals surface area contributed by atoms with E-state index in [9.17, 15) is 0 Å². The van der Waals surface area contributed by atoms with E-state index in [2.05, 4.69) is 9.97 Å². The molecule has 0 unspecified atom stereocenters. The summed E-state index contributed by atoms with van der Waals surface area (Å²) in [4.78, 5) is 8.70. The molecule has 0 N–H and O–H groups in total. The van der Waals surface area contributed by atoms with E-state index in [4.69, 9.17) is 36.5 Å². The average Bonchev–Trinajstić information content (AvgIpc) is 2.58. The van der Waals surface area contributed by atoms with E-state index in [1.54, 1.807) is 18.5 Å². The van der Waals surface area contributed by atoms with Gasteiger partial charge in [-0.25, -0.2) is 0 Å². The van der Waals surface area contributed by atoms with Gasteiger partial charge in [0.05, 0.1) is 15.7 Å². The second-order valence-corrected chi connectivity index (χ2v) is 8.08. The molecular weight excluding hydrogens is 474 g/mol. The van der Waals surface area contributed by atoms with Gasteiger partial charge >= 0.3 is 8.80 Å². The van der Waals surface area contributed by atoms with Crippen LogP contribution in [0.1, 0.15) is 20.8 Å². The number of hydrogen-bond donors (Lipinski definition) is 0. The third-order valence-electron chi connectivity index (χ3n) is 3.20. The molecule has 5 nitrogen and oxygen atoms in total. The molecule has 2 rings (SSSR count). The monoisotopic (exact) mass is 492 g/mol. The summed E-state index contributed by atoms with van der Waals surface area (Å²) in [5.74, 6) is 0. The standard InChI is InChI=1S/C16H20Cl2N2O3Si.Pd/c1-4-21-24(22-5-2,23-6-3)12-7-8-14(20-11-12)16-15(18)13(17)9-10-19-16;/h7-11H,4-6H2,1-3H3;. The Labute approximate surface area is 173 Å². The third kappa shape index (κ3) is 5.31. The van der Waals surface area contributed by atoms with Crippen LogP contribution >= 0.6 is 23.2 Å². The van der Waals surface area contributed by atoms with E-state index in [0.717, 1.165) is 5.19 Å². The molecule has 140 valence electrons. The SMILES string of the molecule is CCO[Si](OCC)(OCC)c1ccc(-c2nccc(Cl)c2Cl)nc1.[Pd]. The Morgan fingerprint density at radius 2 is 1.52 bits per heavy atom. The molecule has 0 saturated heterocycles. The van der Waals surface area contributed by atoms with Crippen molar-refractivity contribution in [2.45, 2.75) is 20.8 Å². The summed E-state index contributed by atoms with van der Waals surface area (Å²) < 4.78 is 17.6. The molecule has 25 heavy (non-hydrogen) atoms. The Kier molecular flexibility index (Phi) is 9.71. The van der Waals surface area contributed by atoms with Crippen LogP contribution in [0.25, 0.3) is 11.4 Å². The Morgan fingerprint density at radius 1 is 0.920 bits per heavy atom. The van der Waals surface area contributed by atoms with Crippen molar-refractivity contribution in [3.05, 3.63) is 40.6 Å². The number of hydrogen-bond acceptors (Lipinski definition) is 5. The van der Waals surface area contributed by atoms with Crippen molar-refractivity contribution >= 4 is 37.2 Å². The number of halogens is 2. The normalized spacial score (nSPS) is 11.2. The molecule has 2 aromatic rings. The van der Waals surface area contributed by atoms with Gasteiger partial charge in [0.15, 0.2) is 0 Å². The van der Waals surface area contributed by atoms with Gasteiger partial charge in [-0.05, 0) is 32.9 Å². The van der Waals surface area contributed by atoms with E-state index < -0.39 is 8.80 Å². The summed E-state index contributed by atoms with van der Waals surface area (Å²) in [6.45, 7) is 7.23. The summed E-state index contributed by atoms with van der Waals surface area (Å²) in [5.41, 5.74) is 1.16. The van der Waals surface area contributed by atoms with Crippen LogP contribution in [0.4, 0.5) is 0 Å². The second kappa shape index (κ2) is 10.7. The van der Waals surface area contributed by atoms with E-state index in [1.165, 1.54) is 0 Å². The van der Waals surface area contributed by atoms with Crippen molar-refractivity contribution in [2.24, 2.45) is 0 Å². The predicted octanol–water partition coefficient (Wildman–Crippen LogP) is 3.70. The minimum atomic E-state index is -2.96. The fraction of sp³-hybridized carbons (Fsp3) is 0.375. The third-order valence-corrected chi connectivity index (χ3v) is 7.01. The van der Waals surface area contributed by atoms with Crippen LogP contribution in [0, 0.1) is 0 Å². The first-order chi connectivity index (χ1) is 11.6. The van der Waals surface area contributed by atoms with Crippen molar-refractivity contribution in [3.63, 3.8) is 0 Å². The molecule has 0 bridgehead atoms. The quantitative estimate of drug-likeness (QED) is 0.525. The van der Waals surface area contributed by atoms with Crippen LogP contribution in [0.3, 0.4) is 0 Å². The average molecular weight is 494 g/mol. The van der Waals surface area contributed by atoms with Crippen LogP contribution in [0.2, 0.25) is 10.0 Å². The van der Waals surface area contributed by atoms with Gasteiger partial charge in [0, 0.05) is 57.8 Å². The van der Waals surface area contributed by atoms with Gasteiger partial charge in [-0.3, -0.25) is 9.97 Å². The van der Waals surface area contributed by atoms with Gasteiger partial charge in [0.2, 0.25) is 0 Å². The molecule has 0 aliphatic rings. The summed E-state index contributed by atoms with van der Waals surface area (Å²) in [7, 11) is -2.96. The van der Waals surface area contributed by atoms with E-state index in [1.807, 2.05) is 32.9 Å². The number of rotatable bonds is 8. The maximum Gasteiger partial charge on any atom is 0.538 e. The van der Waals surface area contributed by atoms with E-state index in [-0.39, 0.29) is 20.4 Å². The van der Waals surface area contributed by atoms with Crippen LogP contribution in [0.15, 0.2) is 30.6 Å². The van der Waals surface area contributed by atoms with Crippen molar-refractivity contribution in [1.29, 1.82) is 0 Å². The number of aromatic nitrogens is 2. The van der Waals surface area contributed by atoms with Gasteiger partial charge < -0.3 is 13.3 Å². The first-order valence-corrected chi connectivity index (χ1v) is 10.2. The molecule has 0 fully saturated rings. The van der Waals surface area contributed by atoms with E-state index in [0.29, 0.717) is 41.3 Å². The minimum Gasteiger partial charge on any atom is -0.370 e. The zero-order chi connectivity index (χ0) is 17.6. The van der Waals surface area contributed by atoms with Gasteiger partial charge in [0.25, 0.3) is 0 Å². The van der Waals surface area contributed by atoms with Crippen molar-refractivity contribution in [1.82, 2.24) is 9.97 Å². The van der Waals surface area contributed by atoms with Gasteiger partial charge in [-0.1, -0.05) is 29.3 Å². The molecule has 0 saturated carbocycles. The molecule has 0 spiro atoms. The van der Waals surface area contributed by atoms with Gasteiger partial charge in [-0.15, -0.1) is 0 Å². The van der Waals surface area contributed by atoms with Gasteiger partial charge in [-0.2, -0.15) is 0 Å². The van der Waals surface area contributed by atoms with Crippen LogP contribution < -0.4 is 5.19 Å². The molecule has 0 aliphatic carbocycles. The second-order valence-electron chi connectivity index (χ2n) is 4.74. The summed E-state index contributed by atoms with van der Waals surface area (Å²) >= 11 is 12.2. The largest absolute Gasteiger partial charge is 0.538 e. The Bertz CT molecular complexity index is 660. The zero-order valence-corrected chi connectivity index (χ0v) is 18.3. The van der Waals surface area contributed by atoms with Crippen molar-refractivity contribution < 1.29 is 33.7 Å². The van der Waals surface area contributed by atoms with E-state index >= 15 is 0 Å². The molecule has 0 aromatic carbocycles. The molecule has 0 amide bonds. The number of nitrogens with zero attached hydrogens (tertiary/aromatic N) is 2.